The molecule has 60 valence electrons. The van der Waals surface area contributed by atoms with Crippen molar-refractivity contribution in [2.75, 3.05) is 26.4 Å². The van der Waals surface area contributed by atoms with Gasteiger partial charge in [-0.2, -0.15) is 0 Å². The van der Waals surface area contributed by atoms with E-state index in [9.17, 15) is 0 Å². The molecule has 0 amide bonds. The molecule has 0 aromatic rings. The van der Waals surface area contributed by atoms with Crippen LogP contribution in [0.25, 0.3) is 0 Å². The van der Waals surface area contributed by atoms with Crippen LogP contribution in [0.5, 0.6) is 0 Å². The second-order valence-electron chi connectivity index (χ2n) is 2.39. The molecule has 1 aliphatic heterocycles. The van der Waals surface area contributed by atoms with E-state index in [1.165, 1.54) is 0 Å². The van der Waals surface area contributed by atoms with Crippen molar-refractivity contribution < 1.29 is 14.9 Å². The summed E-state index contributed by atoms with van der Waals surface area (Å²) < 4.78 is 4.97. The van der Waals surface area contributed by atoms with E-state index in [0.29, 0.717) is 19.8 Å². The molecule has 0 bridgehead atoms. The maximum Gasteiger partial charge on any atom is 0.0948 e. The van der Waals surface area contributed by atoms with Crippen LogP contribution >= 0.6 is 0 Å². The Morgan fingerprint density at radius 1 is 1.50 bits per heavy atom. The second kappa shape index (κ2) is 3.88. The SMILES string of the molecule is OCCNC1COCC1O. The molecule has 0 aromatic heterocycles. The maximum absolute atomic E-state index is 9.15. The predicted octanol–water partition coefficient (Wildman–Crippen LogP) is -1.67. The number of aliphatic hydroxyl groups is 2. The minimum Gasteiger partial charge on any atom is -0.395 e. The van der Waals surface area contributed by atoms with Crippen LogP contribution in [0.3, 0.4) is 0 Å². The highest BCUT2D eigenvalue weighted by Gasteiger charge is 2.24. The fraction of sp³-hybridized carbons (Fsp3) is 1.00. The van der Waals surface area contributed by atoms with Crippen LogP contribution in [-0.4, -0.2) is 48.7 Å². The minimum atomic E-state index is -0.411. The molecule has 2 atom stereocenters. The molecule has 1 aliphatic rings. The van der Waals surface area contributed by atoms with Crippen LogP contribution in [0.1, 0.15) is 0 Å². The lowest BCUT2D eigenvalue weighted by molar-refractivity contribution is 0.121. The molecule has 1 rings (SSSR count). The van der Waals surface area contributed by atoms with E-state index in [0.717, 1.165) is 0 Å². The van der Waals surface area contributed by atoms with Crippen molar-refractivity contribution >= 4 is 0 Å². The molecule has 4 heteroatoms. The molecule has 1 heterocycles. The lowest BCUT2D eigenvalue weighted by Crippen LogP contribution is -2.40. The van der Waals surface area contributed by atoms with Crippen molar-refractivity contribution in [1.82, 2.24) is 5.32 Å². The predicted molar refractivity (Wildman–Crippen MR) is 35.7 cm³/mol. The van der Waals surface area contributed by atoms with Crippen molar-refractivity contribution in [3.8, 4) is 0 Å². The smallest absolute Gasteiger partial charge is 0.0948 e. The van der Waals surface area contributed by atoms with Crippen LogP contribution in [-0.2, 0) is 4.74 Å². The molecule has 0 saturated carbocycles. The molecular formula is C6H13NO3. The van der Waals surface area contributed by atoms with Gasteiger partial charge in [-0.3, -0.25) is 0 Å². The summed E-state index contributed by atoms with van der Waals surface area (Å²) in [5.74, 6) is 0. The fourth-order valence-corrected chi connectivity index (χ4v) is 0.988. The Kier molecular flexibility index (Phi) is 3.08. The molecule has 10 heavy (non-hydrogen) atoms. The Hall–Kier alpha value is -0.160. The summed E-state index contributed by atoms with van der Waals surface area (Å²) in [7, 11) is 0. The van der Waals surface area contributed by atoms with Crippen molar-refractivity contribution in [2.24, 2.45) is 0 Å². The molecule has 2 unspecified atom stereocenters. The number of hydrogen-bond acceptors (Lipinski definition) is 4. The Balaban J connectivity index is 2.14. The lowest BCUT2D eigenvalue weighted by atomic mass is 10.2. The standard InChI is InChI=1S/C6H13NO3/c8-2-1-7-5-3-10-4-6(5)9/h5-9H,1-4H2. The van der Waals surface area contributed by atoms with Gasteiger partial charge in [0.05, 0.1) is 32.0 Å². The van der Waals surface area contributed by atoms with Gasteiger partial charge in [0.2, 0.25) is 0 Å². The highest BCUT2D eigenvalue weighted by Crippen LogP contribution is 2.03. The molecule has 1 saturated heterocycles. The number of aliphatic hydroxyl groups excluding tert-OH is 2. The van der Waals surface area contributed by atoms with Gasteiger partial charge in [0.25, 0.3) is 0 Å². The van der Waals surface area contributed by atoms with Gasteiger partial charge in [-0.05, 0) is 0 Å². The number of ether oxygens (including phenoxy) is 1. The molecule has 0 aromatic carbocycles. The topological polar surface area (TPSA) is 61.7 Å². The lowest BCUT2D eigenvalue weighted by Gasteiger charge is -2.12. The third kappa shape index (κ3) is 1.91. The zero-order chi connectivity index (χ0) is 7.40. The summed E-state index contributed by atoms with van der Waals surface area (Å²) >= 11 is 0. The average Bonchev–Trinajstić information content (AvgIpc) is 2.31. The van der Waals surface area contributed by atoms with E-state index < -0.39 is 6.10 Å². The normalized spacial score (nSPS) is 33.0. The second-order valence-corrected chi connectivity index (χ2v) is 2.39. The number of nitrogens with one attached hydrogen (secondary N) is 1. The van der Waals surface area contributed by atoms with Gasteiger partial charge in [-0.25, -0.2) is 0 Å². The molecule has 0 spiro atoms. The van der Waals surface area contributed by atoms with Crippen LogP contribution in [0.15, 0.2) is 0 Å². The zero-order valence-electron chi connectivity index (χ0n) is 5.79. The number of hydrogen-bond donors (Lipinski definition) is 3. The zero-order valence-corrected chi connectivity index (χ0v) is 5.79. The van der Waals surface area contributed by atoms with E-state index in [-0.39, 0.29) is 12.6 Å². The van der Waals surface area contributed by atoms with E-state index in [1.807, 2.05) is 0 Å². The monoisotopic (exact) mass is 147 g/mol. The first-order valence-corrected chi connectivity index (χ1v) is 3.44. The van der Waals surface area contributed by atoms with Crippen molar-refractivity contribution in [1.29, 1.82) is 0 Å². The van der Waals surface area contributed by atoms with Gasteiger partial charge < -0.3 is 20.3 Å². The first kappa shape index (κ1) is 7.94. The highest BCUT2D eigenvalue weighted by atomic mass is 16.5. The Morgan fingerprint density at radius 2 is 2.30 bits per heavy atom. The van der Waals surface area contributed by atoms with Gasteiger partial charge in [0, 0.05) is 6.54 Å². The van der Waals surface area contributed by atoms with Gasteiger partial charge in [-0.15, -0.1) is 0 Å². The van der Waals surface area contributed by atoms with E-state index in [4.69, 9.17) is 14.9 Å². The van der Waals surface area contributed by atoms with Gasteiger partial charge in [-0.1, -0.05) is 0 Å². The summed E-state index contributed by atoms with van der Waals surface area (Å²) in [6.07, 6.45) is -0.411. The van der Waals surface area contributed by atoms with Crippen LogP contribution in [0.2, 0.25) is 0 Å². The quantitative estimate of drug-likeness (QED) is 0.446. The fourth-order valence-electron chi connectivity index (χ4n) is 0.988. The molecule has 0 aliphatic carbocycles. The summed E-state index contributed by atoms with van der Waals surface area (Å²) in [6.45, 7) is 1.57. The highest BCUT2D eigenvalue weighted by molar-refractivity contribution is 4.79. The van der Waals surface area contributed by atoms with E-state index in [2.05, 4.69) is 5.32 Å². The van der Waals surface area contributed by atoms with Gasteiger partial charge >= 0.3 is 0 Å². The van der Waals surface area contributed by atoms with E-state index >= 15 is 0 Å². The van der Waals surface area contributed by atoms with Gasteiger partial charge in [0.15, 0.2) is 0 Å². The first-order chi connectivity index (χ1) is 4.84. The average molecular weight is 147 g/mol. The Morgan fingerprint density at radius 3 is 2.80 bits per heavy atom. The summed E-state index contributed by atoms with van der Waals surface area (Å²) in [5, 5.41) is 20.5. The summed E-state index contributed by atoms with van der Waals surface area (Å²) in [5.41, 5.74) is 0. The third-order valence-corrected chi connectivity index (χ3v) is 1.57. The molecule has 3 N–H and O–H groups in total. The molecule has 4 nitrogen and oxygen atoms in total. The molecular weight excluding hydrogens is 134 g/mol. The largest absolute Gasteiger partial charge is 0.395 e. The Bertz CT molecular complexity index is 99.0. The number of rotatable bonds is 3. The third-order valence-electron chi connectivity index (χ3n) is 1.57. The summed E-state index contributed by atoms with van der Waals surface area (Å²) in [4.78, 5) is 0. The Labute approximate surface area is 59.8 Å². The van der Waals surface area contributed by atoms with Crippen molar-refractivity contribution in [3.63, 3.8) is 0 Å². The van der Waals surface area contributed by atoms with E-state index in [1.54, 1.807) is 0 Å². The van der Waals surface area contributed by atoms with Crippen LogP contribution < -0.4 is 5.32 Å². The van der Waals surface area contributed by atoms with Crippen molar-refractivity contribution in [2.45, 2.75) is 12.1 Å². The first-order valence-electron chi connectivity index (χ1n) is 3.44. The molecule has 1 fully saturated rings. The van der Waals surface area contributed by atoms with Crippen LogP contribution in [0, 0.1) is 0 Å². The van der Waals surface area contributed by atoms with Gasteiger partial charge in [0.1, 0.15) is 0 Å². The summed E-state index contributed by atoms with van der Waals surface area (Å²) in [6, 6.07) is 0.00662. The molecule has 0 radical (unpaired) electrons. The van der Waals surface area contributed by atoms with Crippen molar-refractivity contribution in [3.05, 3.63) is 0 Å². The van der Waals surface area contributed by atoms with Crippen LogP contribution in [0.4, 0.5) is 0 Å². The maximum atomic E-state index is 9.15. The minimum absolute atomic E-state index is 0.00662.